The molecule has 5 rings (SSSR count). The van der Waals surface area contributed by atoms with Gasteiger partial charge in [0.25, 0.3) is 0 Å². The zero-order valence-electron chi connectivity index (χ0n) is 16.1. The molecule has 7 heteroatoms. The number of fused-ring (bicyclic) bond motifs is 3. The maximum Gasteiger partial charge on any atom is 0.433 e. The van der Waals surface area contributed by atoms with Crippen molar-refractivity contribution in [2.24, 2.45) is 0 Å². The Labute approximate surface area is 172 Å². The number of likely N-dealkylation sites (N-methyl/N-ethyl adjacent to an activating group) is 1. The summed E-state index contributed by atoms with van der Waals surface area (Å²) in [5.74, 6) is 0. The second-order valence-corrected chi connectivity index (χ2v) is 8.73. The molecule has 0 unspecified atom stereocenters. The lowest BCUT2D eigenvalue weighted by molar-refractivity contribution is -0.141. The third-order valence-corrected chi connectivity index (χ3v) is 6.75. The van der Waals surface area contributed by atoms with Gasteiger partial charge in [-0.25, -0.2) is 0 Å². The van der Waals surface area contributed by atoms with Crippen LogP contribution in [0, 0.1) is 0 Å². The molecule has 0 atom stereocenters. The largest absolute Gasteiger partial charge is 0.433 e. The molecule has 29 heavy (non-hydrogen) atoms. The van der Waals surface area contributed by atoms with Crippen LogP contribution in [0.5, 0.6) is 0 Å². The van der Waals surface area contributed by atoms with Gasteiger partial charge in [-0.1, -0.05) is 17.7 Å². The van der Waals surface area contributed by atoms with Crippen molar-refractivity contribution in [1.82, 2.24) is 14.5 Å². The van der Waals surface area contributed by atoms with E-state index in [2.05, 4.69) is 27.6 Å². The molecule has 1 aliphatic heterocycles. The Kier molecular flexibility index (Phi) is 4.23. The van der Waals surface area contributed by atoms with Crippen LogP contribution in [-0.2, 0) is 32.1 Å². The van der Waals surface area contributed by atoms with Gasteiger partial charge in [-0.15, -0.1) is 0 Å². The molecule has 3 nitrogen and oxygen atoms in total. The molecule has 1 aliphatic carbocycles. The number of alkyl halides is 3. The molecular weight excluding hydrogens is 399 g/mol. The predicted molar refractivity (Wildman–Crippen MR) is 107 cm³/mol. The highest BCUT2D eigenvalue weighted by Gasteiger charge is 2.50. The lowest BCUT2D eigenvalue weighted by atomic mass is 9.97. The van der Waals surface area contributed by atoms with E-state index in [1.807, 2.05) is 12.1 Å². The van der Waals surface area contributed by atoms with E-state index in [-0.39, 0.29) is 5.54 Å². The minimum Gasteiger partial charge on any atom is -0.344 e. The molecule has 1 aromatic carbocycles. The third kappa shape index (κ3) is 3.22. The number of halogens is 4. The standard InChI is InChI=1S/C22H21ClF3N3/c1-28-13-17-16-10-15(23)3-4-18(16)29(19(17)11-21(28)7-8-21)9-6-14-2-5-20(27-12-14)22(24,25)26/h2-5,10,12H,6-9,11,13H2,1H3. The van der Waals surface area contributed by atoms with E-state index in [1.54, 1.807) is 0 Å². The molecule has 0 bridgehead atoms. The van der Waals surface area contributed by atoms with Gasteiger partial charge in [0.05, 0.1) is 0 Å². The maximum atomic E-state index is 12.8. The predicted octanol–water partition coefficient (Wildman–Crippen LogP) is 5.47. The summed E-state index contributed by atoms with van der Waals surface area (Å²) in [6, 6.07) is 8.58. The second kappa shape index (κ2) is 6.47. The van der Waals surface area contributed by atoms with Gasteiger partial charge in [0.15, 0.2) is 0 Å². The normalized spacial score (nSPS) is 18.4. The van der Waals surface area contributed by atoms with Crippen LogP contribution in [0.15, 0.2) is 36.5 Å². The highest BCUT2D eigenvalue weighted by Crippen LogP contribution is 2.49. The van der Waals surface area contributed by atoms with Crippen molar-refractivity contribution in [3.63, 3.8) is 0 Å². The second-order valence-electron chi connectivity index (χ2n) is 8.29. The number of hydrogen-bond acceptors (Lipinski definition) is 2. The summed E-state index contributed by atoms with van der Waals surface area (Å²) < 4.78 is 40.6. The van der Waals surface area contributed by atoms with Crippen LogP contribution in [0.3, 0.4) is 0 Å². The Morgan fingerprint density at radius 3 is 2.62 bits per heavy atom. The Hall–Kier alpha value is -2.05. The van der Waals surface area contributed by atoms with Crippen LogP contribution in [0.2, 0.25) is 5.02 Å². The van der Waals surface area contributed by atoms with Crippen molar-refractivity contribution in [3.05, 3.63) is 64.1 Å². The summed E-state index contributed by atoms with van der Waals surface area (Å²) in [6.07, 6.45) is 1.01. The number of nitrogens with zero attached hydrogens (tertiary/aromatic N) is 3. The average molecular weight is 420 g/mol. The number of hydrogen-bond donors (Lipinski definition) is 0. The first-order valence-electron chi connectivity index (χ1n) is 9.80. The highest BCUT2D eigenvalue weighted by atomic mass is 35.5. The van der Waals surface area contributed by atoms with Gasteiger partial charge in [0, 0.05) is 52.9 Å². The zero-order valence-corrected chi connectivity index (χ0v) is 16.8. The minimum absolute atomic E-state index is 0.277. The molecule has 0 amide bonds. The van der Waals surface area contributed by atoms with E-state index < -0.39 is 11.9 Å². The van der Waals surface area contributed by atoms with E-state index in [1.165, 1.54) is 41.7 Å². The first-order chi connectivity index (χ1) is 13.8. The zero-order chi connectivity index (χ0) is 20.4. The quantitative estimate of drug-likeness (QED) is 0.561. The minimum atomic E-state index is -4.40. The molecule has 2 aromatic heterocycles. The summed E-state index contributed by atoms with van der Waals surface area (Å²) >= 11 is 6.28. The first-order valence-corrected chi connectivity index (χ1v) is 10.2. The number of rotatable bonds is 3. The van der Waals surface area contributed by atoms with Gasteiger partial charge in [-0.2, -0.15) is 13.2 Å². The highest BCUT2D eigenvalue weighted by molar-refractivity contribution is 6.31. The SMILES string of the molecule is CN1Cc2c(n(CCc3ccc(C(F)(F)F)nc3)c3ccc(Cl)cc23)CC12CC2. The fourth-order valence-electron chi connectivity index (χ4n) is 4.62. The number of pyridine rings is 1. The Bertz CT molecular complexity index is 1080. The molecule has 152 valence electrons. The molecule has 1 fully saturated rings. The van der Waals surface area contributed by atoms with E-state index in [0.717, 1.165) is 35.1 Å². The van der Waals surface area contributed by atoms with Crippen molar-refractivity contribution in [1.29, 1.82) is 0 Å². The van der Waals surface area contributed by atoms with Crippen molar-refractivity contribution in [2.45, 2.75) is 50.5 Å². The van der Waals surface area contributed by atoms with Crippen LogP contribution in [0.1, 0.15) is 35.4 Å². The molecule has 0 radical (unpaired) electrons. The molecule has 3 aromatic rings. The van der Waals surface area contributed by atoms with Crippen molar-refractivity contribution < 1.29 is 13.2 Å². The van der Waals surface area contributed by atoms with E-state index in [9.17, 15) is 13.2 Å². The average Bonchev–Trinajstić information content (AvgIpc) is 3.39. The van der Waals surface area contributed by atoms with Gasteiger partial charge in [0.1, 0.15) is 5.69 Å². The summed E-state index contributed by atoms with van der Waals surface area (Å²) in [6.45, 7) is 1.61. The third-order valence-electron chi connectivity index (χ3n) is 6.52. The van der Waals surface area contributed by atoms with E-state index >= 15 is 0 Å². The first kappa shape index (κ1) is 18.9. The maximum absolute atomic E-state index is 12.8. The van der Waals surface area contributed by atoms with Gasteiger partial charge in [-0.05, 0) is 61.7 Å². The van der Waals surface area contributed by atoms with Crippen molar-refractivity contribution in [2.75, 3.05) is 7.05 Å². The Morgan fingerprint density at radius 1 is 1.17 bits per heavy atom. The van der Waals surface area contributed by atoms with Crippen molar-refractivity contribution >= 4 is 22.5 Å². The molecule has 1 saturated carbocycles. The molecule has 0 saturated heterocycles. The van der Waals surface area contributed by atoms with Crippen LogP contribution in [0.25, 0.3) is 10.9 Å². The monoisotopic (exact) mass is 419 g/mol. The van der Waals surface area contributed by atoms with Gasteiger partial charge < -0.3 is 4.57 Å². The molecule has 3 heterocycles. The van der Waals surface area contributed by atoms with Crippen LogP contribution in [0.4, 0.5) is 13.2 Å². The van der Waals surface area contributed by atoms with Gasteiger partial charge in [-0.3, -0.25) is 9.88 Å². The van der Waals surface area contributed by atoms with Crippen LogP contribution < -0.4 is 0 Å². The number of aromatic nitrogens is 2. The lowest BCUT2D eigenvalue weighted by Gasteiger charge is -2.34. The molecule has 2 aliphatic rings. The van der Waals surface area contributed by atoms with E-state index in [0.29, 0.717) is 13.0 Å². The van der Waals surface area contributed by atoms with Gasteiger partial charge >= 0.3 is 6.18 Å². The summed E-state index contributed by atoms with van der Waals surface area (Å²) in [5, 5.41) is 1.90. The molecule has 1 spiro atoms. The van der Waals surface area contributed by atoms with Crippen LogP contribution >= 0.6 is 11.6 Å². The lowest BCUT2D eigenvalue weighted by Crippen LogP contribution is -2.40. The van der Waals surface area contributed by atoms with Gasteiger partial charge in [0.2, 0.25) is 0 Å². The summed E-state index contributed by atoms with van der Waals surface area (Å²) in [5.41, 5.74) is 4.05. The fraction of sp³-hybridized carbons (Fsp3) is 0.409. The smallest absolute Gasteiger partial charge is 0.344 e. The Morgan fingerprint density at radius 2 is 1.97 bits per heavy atom. The Balaban J connectivity index is 1.49. The molecule has 0 N–H and O–H groups in total. The fourth-order valence-corrected chi connectivity index (χ4v) is 4.79. The number of benzene rings is 1. The van der Waals surface area contributed by atoms with E-state index in [4.69, 9.17) is 11.6 Å². The topological polar surface area (TPSA) is 21.1 Å². The van der Waals surface area contributed by atoms with Crippen molar-refractivity contribution in [3.8, 4) is 0 Å². The van der Waals surface area contributed by atoms with Crippen LogP contribution in [-0.4, -0.2) is 27.0 Å². The number of aryl methyl sites for hydroxylation is 2. The summed E-state index contributed by atoms with van der Waals surface area (Å²) in [4.78, 5) is 6.05. The molecular formula is C22H21ClF3N3. The summed E-state index contributed by atoms with van der Waals surface area (Å²) in [7, 11) is 2.19.